The number of esters is 2. The van der Waals surface area contributed by atoms with Gasteiger partial charge in [-0.15, -0.1) is 0 Å². The highest BCUT2D eigenvalue weighted by Gasteiger charge is 2.11. The van der Waals surface area contributed by atoms with E-state index in [1.54, 1.807) is 7.11 Å². The summed E-state index contributed by atoms with van der Waals surface area (Å²) >= 11 is 0. The highest BCUT2D eigenvalue weighted by molar-refractivity contribution is 5.87. The maximum atomic E-state index is 11.3. The van der Waals surface area contributed by atoms with Crippen LogP contribution in [-0.2, 0) is 33.4 Å². The number of unbranched alkanes of at least 4 members (excludes halogenated alkanes) is 1. The molecule has 0 fully saturated rings. The van der Waals surface area contributed by atoms with Gasteiger partial charge >= 0.3 is 11.9 Å². The zero-order valence-corrected chi connectivity index (χ0v) is 13.2. The van der Waals surface area contributed by atoms with Crippen molar-refractivity contribution >= 4 is 23.5 Å². The van der Waals surface area contributed by atoms with E-state index in [1.165, 1.54) is 6.92 Å². The van der Waals surface area contributed by atoms with Crippen molar-refractivity contribution in [3.8, 4) is 0 Å². The molecule has 0 saturated heterocycles. The number of ether oxygens (including phenoxy) is 3. The molecule has 7 heteroatoms. The molecule has 22 heavy (non-hydrogen) atoms. The van der Waals surface area contributed by atoms with Crippen LogP contribution in [0.4, 0.5) is 0 Å². The van der Waals surface area contributed by atoms with E-state index >= 15 is 0 Å². The van der Waals surface area contributed by atoms with Crippen molar-refractivity contribution in [3.63, 3.8) is 0 Å². The molecule has 0 heterocycles. The molecule has 0 amide bonds. The van der Waals surface area contributed by atoms with Gasteiger partial charge in [0.15, 0.2) is 5.78 Å². The first-order valence-electron chi connectivity index (χ1n) is 7.27. The minimum atomic E-state index is -0.632. The van der Waals surface area contributed by atoms with Gasteiger partial charge in [0.25, 0.3) is 0 Å². The number of rotatable bonds is 13. The number of hydrogen-bond acceptors (Lipinski definition) is 7. The molecule has 0 aromatic heterocycles. The highest BCUT2D eigenvalue weighted by Crippen LogP contribution is 2.00. The van der Waals surface area contributed by atoms with Crippen molar-refractivity contribution in [2.75, 3.05) is 26.9 Å². The van der Waals surface area contributed by atoms with Gasteiger partial charge in [-0.1, -0.05) is 0 Å². The number of carbonyl (C=O) groups excluding carboxylic acids is 4. The predicted molar refractivity (Wildman–Crippen MR) is 77.2 cm³/mol. The van der Waals surface area contributed by atoms with Crippen molar-refractivity contribution in [1.82, 2.24) is 0 Å². The molecule has 0 spiro atoms. The third kappa shape index (κ3) is 13.2. The largest absolute Gasteiger partial charge is 0.466 e. The normalized spacial score (nSPS) is 10.1. The molecular weight excluding hydrogens is 292 g/mol. The van der Waals surface area contributed by atoms with Gasteiger partial charge in [0.2, 0.25) is 0 Å². The fraction of sp³-hybridized carbons (Fsp3) is 0.733. The summed E-state index contributed by atoms with van der Waals surface area (Å²) < 4.78 is 14.5. The number of ketones is 2. The summed E-state index contributed by atoms with van der Waals surface area (Å²) in [7, 11) is 1.60. The van der Waals surface area contributed by atoms with E-state index in [0.29, 0.717) is 19.6 Å². The third-order valence-corrected chi connectivity index (χ3v) is 2.69. The molecule has 0 radical (unpaired) electrons. The van der Waals surface area contributed by atoms with Crippen LogP contribution in [0.2, 0.25) is 0 Å². The fourth-order valence-electron chi connectivity index (χ4n) is 1.43. The average Bonchev–Trinajstić information content (AvgIpc) is 2.48. The van der Waals surface area contributed by atoms with E-state index in [2.05, 4.69) is 0 Å². The molecule has 0 atom stereocenters. The zero-order chi connectivity index (χ0) is 16.8. The first kappa shape index (κ1) is 20.2. The van der Waals surface area contributed by atoms with Crippen molar-refractivity contribution in [3.05, 3.63) is 0 Å². The molecule has 7 nitrogen and oxygen atoms in total. The Hall–Kier alpha value is -1.76. The van der Waals surface area contributed by atoms with E-state index in [9.17, 15) is 19.2 Å². The summed E-state index contributed by atoms with van der Waals surface area (Å²) in [6.45, 7) is 1.93. The summed E-state index contributed by atoms with van der Waals surface area (Å²) in [4.78, 5) is 44.6. The number of Topliss-reactive ketones (excluding diaryl/α,β-unsaturated/α-hetero) is 2. The van der Waals surface area contributed by atoms with E-state index in [-0.39, 0.29) is 43.9 Å². The van der Waals surface area contributed by atoms with Crippen LogP contribution in [0, 0.1) is 0 Å². The highest BCUT2D eigenvalue weighted by atomic mass is 16.5. The summed E-state index contributed by atoms with van der Waals surface area (Å²) in [5.41, 5.74) is 0. The third-order valence-electron chi connectivity index (χ3n) is 2.69. The second-order valence-electron chi connectivity index (χ2n) is 4.82. The van der Waals surface area contributed by atoms with Crippen LogP contribution < -0.4 is 0 Å². The van der Waals surface area contributed by atoms with Gasteiger partial charge in [-0.05, 0) is 19.8 Å². The molecule has 0 bridgehead atoms. The van der Waals surface area contributed by atoms with Crippen LogP contribution in [0.1, 0.15) is 45.4 Å². The van der Waals surface area contributed by atoms with Crippen LogP contribution in [-0.4, -0.2) is 50.4 Å². The van der Waals surface area contributed by atoms with Gasteiger partial charge in [0.05, 0.1) is 19.4 Å². The molecule has 0 saturated carbocycles. The fourth-order valence-corrected chi connectivity index (χ4v) is 1.43. The molecule has 126 valence electrons. The Morgan fingerprint density at radius 1 is 0.773 bits per heavy atom. The smallest absolute Gasteiger partial charge is 0.306 e. The minimum Gasteiger partial charge on any atom is -0.466 e. The Balaban J connectivity index is 3.61. The summed E-state index contributed by atoms with van der Waals surface area (Å²) in [5.74, 6) is -1.51. The van der Waals surface area contributed by atoms with Crippen molar-refractivity contribution in [2.45, 2.75) is 45.4 Å². The number of carbonyl (C=O) groups is 4. The lowest BCUT2D eigenvalue weighted by atomic mass is 10.2. The Kier molecular flexibility index (Phi) is 11.9. The van der Waals surface area contributed by atoms with Gasteiger partial charge in [-0.25, -0.2) is 0 Å². The zero-order valence-electron chi connectivity index (χ0n) is 13.2. The Morgan fingerprint density at radius 3 is 1.95 bits per heavy atom. The van der Waals surface area contributed by atoms with E-state index < -0.39 is 11.9 Å². The Bertz CT molecular complexity index is 376. The quantitative estimate of drug-likeness (QED) is 0.372. The summed E-state index contributed by atoms with van der Waals surface area (Å²) in [5, 5.41) is 0. The van der Waals surface area contributed by atoms with Crippen molar-refractivity contribution in [2.24, 2.45) is 0 Å². The van der Waals surface area contributed by atoms with Gasteiger partial charge in [-0.3, -0.25) is 14.4 Å². The second kappa shape index (κ2) is 12.9. The van der Waals surface area contributed by atoms with Gasteiger partial charge < -0.3 is 19.0 Å². The van der Waals surface area contributed by atoms with Crippen LogP contribution in [0.3, 0.4) is 0 Å². The SMILES string of the molecule is COCCCCOC(=O)CCC(=O)OCC(=O)CCC(C)=O. The lowest BCUT2D eigenvalue weighted by Crippen LogP contribution is -2.16. The van der Waals surface area contributed by atoms with Crippen molar-refractivity contribution in [1.29, 1.82) is 0 Å². The maximum Gasteiger partial charge on any atom is 0.306 e. The molecule has 0 unspecified atom stereocenters. The van der Waals surface area contributed by atoms with Crippen molar-refractivity contribution < 1.29 is 33.4 Å². The van der Waals surface area contributed by atoms with Gasteiger partial charge in [0.1, 0.15) is 12.4 Å². The van der Waals surface area contributed by atoms with Gasteiger partial charge in [-0.2, -0.15) is 0 Å². The number of hydrogen-bond donors (Lipinski definition) is 0. The Morgan fingerprint density at radius 2 is 1.36 bits per heavy atom. The first-order valence-corrected chi connectivity index (χ1v) is 7.27. The molecule has 0 rings (SSSR count). The second-order valence-corrected chi connectivity index (χ2v) is 4.82. The first-order chi connectivity index (χ1) is 10.5. The number of methoxy groups -OCH3 is 1. The summed E-state index contributed by atoms with van der Waals surface area (Å²) in [6.07, 6.45) is 1.50. The minimum absolute atomic E-state index is 0.0616. The van der Waals surface area contributed by atoms with Gasteiger partial charge in [0, 0.05) is 26.6 Å². The van der Waals surface area contributed by atoms with Crippen LogP contribution >= 0.6 is 0 Å². The molecule has 0 aliphatic heterocycles. The predicted octanol–water partition coefficient (Wildman–Crippen LogP) is 1.22. The maximum absolute atomic E-state index is 11.3. The molecule has 0 N–H and O–H groups in total. The Labute approximate surface area is 130 Å². The molecule has 0 aliphatic rings. The summed E-state index contributed by atoms with van der Waals surface area (Å²) in [6, 6.07) is 0. The topological polar surface area (TPSA) is 96.0 Å². The molecule has 0 aliphatic carbocycles. The molecular formula is C15H24O7. The molecule has 0 aromatic rings. The standard InChI is InChI=1S/C15H24O7/c1-12(16)5-6-13(17)11-22-15(19)8-7-14(18)21-10-4-3-9-20-2/h3-11H2,1-2H3. The molecule has 0 aromatic carbocycles. The van der Waals surface area contributed by atoms with E-state index in [0.717, 1.165) is 6.42 Å². The van der Waals surface area contributed by atoms with Crippen LogP contribution in [0.25, 0.3) is 0 Å². The lowest BCUT2D eigenvalue weighted by molar-refractivity contribution is -0.152. The van der Waals surface area contributed by atoms with E-state index in [1.807, 2.05) is 0 Å². The van der Waals surface area contributed by atoms with Crippen LogP contribution in [0.15, 0.2) is 0 Å². The average molecular weight is 316 g/mol. The monoisotopic (exact) mass is 316 g/mol. The van der Waals surface area contributed by atoms with Crippen LogP contribution in [0.5, 0.6) is 0 Å². The lowest BCUT2D eigenvalue weighted by Gasteiger charge is -2.05. The van der Waals surface area contributed by atoms with E-state index in [4.69, 9.17) is 14.2 Å².